The number of carbonyl (C=O) groups is 1. The molecule has 102 valence electrons. The van der Waals surface area contributed by atoms with Crippen LogP contribution in [0.15, 0.2) is 0 Å². The van der Waals surface area contributed by atoms with E-state index in [1.807, 2.05) is 0 Å². The van der Waals surface area contributed by atoms with Crippen molar-refractivity contribution in [3.05, 3.63) is 0 Å². The second-order valence-corrected chi connectivity index (χ2v) is 5.89. The summed E-state index contributed by atoms with van der Waals surface area (Å²) in [5, 5.41) is 0. The molecule has 3 heterocycles. The van der Waals surface area contributed by atoms with E-state index >= 15 is 0 Å². The summed E-state index contributed by atoms with van der Waals surface area (Å²) in [6, 6.07) is 1.30. The summed E-state index contributed by atoms with van der Waals surface area (Å²) in [5.41, 5.74) is 0. The molecule has 0 N–H and O–H groups in total. The Morgan fingerprint density at radius 2 is 1.78 bits per heavy atom. The van der Waals surface area contributed by atoms with Gasteiger partial charge in [0.1, 0.15) is 5.78 Å². The van der Waals surface area contributed by atoms with Crippen LogP contribution < -0.4 is 0 Å². The lowest BCUT2D eigenvalue weighted by molar-refractivity contribution is -0.127. The van der Waals surface area contributed by atoms with Gasteiger partial charge in [0.25, 0.3) is 0 Å². The minimum atomic E-state index is -0.128. The van der Waals surface area contributed by atoms with Crippen LogP contribution in [-0.4, -0.2) is 49.3 Å². The average Bonchev–Trinajstić information content (AvgIpc) is 2.93. The van der Waals surface area contributed by atoms with E-state index in [2.05, 4.69) is 11.9 Å². The highest BCUT2D eigenvalue weighted by molar-refractivity contribution is 5.81. The molecule has 3 fully saturated rings. The van der Waals surface area contributed by atoms with Crippen LogP contribution in [-0.2, 0) is 14.3 Å². The number of ketones is 1. The fourth-order valence-electron chi connectivity index (χ4n) is 3.71. The molecule has 2 bridgehead atoms. The van der Waals surface area contributed by atoms with Gasteiger partial charge in [0.15, 0.2) is 6.29 Å². The number of hydrogen-bond acceptors (Lipinski definition) is 4. The minimum Gasteiger partial charge on any atom is -0.350 e. The zero-order chi connectivity index (χ0) is 12.5. The van der Waals surface area contributed by atoms with Gasteiger partial charge in [0.05, 0.1) is 13.2 Å². The molecule has 2 atom stereocenters. The van der Waals surface area contributed by atoms with E-state index in [1.54, 1.807) is 0 Å². The van der Waals surface area contributed by atoms with Gasteiger partial charge in [-0.05, 0) is 32.7 Å². The Kier molecular flexibility index (Phi) is 3.68. The van der Waals surface area contributed by atoms with Crippen molar-refractivity contribution in [1.29, 1.82) is 0 Å². The first-order chi connectivity index (χ1) is 8.74. The summed E-state index contributed by atoms with van der Waals surface area (Å²) in [5.74, 6) is 0.721. The molecule has 0 amide bonds. The normalized spacial score (nSPS) is 37.3. The Labute approximate surface area is 109 Å². The van der Waals surface area contributed by atoms with Crippen molar-refractivity contribution in [3.63, 3.8) is 0 Å². The van der Waals surface area contributed by atoms with E-state index < -0.39 is 0 Å². The largest absolute Gasteiger partial charge is 0.350 e. The summed E-state index contributed by atoms with van der Waals surface area (Å²) in [7, 11) is 2.21. The predicted molar refractivity (Wildman–Crippen MR) is 67.2 cm³/mol. The first-order valence-electron chi connectivity index (χ1n) is 7.22. The van der Waals surface area contributed by atoms with Gasteiger partial charge in [-0.3, -0.25) is 4.79 Å². The topological polar surface area (TPSA) is 38.8 Å². The molecule has 0 aliphatic carbocycles. The van der Waals surface area contributed by atoms with Crippen LogP contribution in [0.5, 0.6) is 0 Å². The van der Waals surface area contributed by atoms with Crippen LogP contribution in [0.25, 0.3) is 0 Å². The highest BCUT2D eigenvalue weighted by Crippen LogP contribution is 2.38. The summed E-state index contributed by atoms with van der Waals surface area (Å²) in [6.07, 6.45) is 5.92. The van der Waals surface area contributed by atoms with Crippen LogP contribution in [0.1, 0.15) is 38.5 Å². The van der Waals surface area contributed by atoms with Gasteiger partial charge in [0.2, 0.25) is 0 Å². The second-order valence-electron chi connectivity index (χ2n) is 5.89. The smallest absolute Gasteiger partial charge is 0.158 e. The first kappa shape index (κ1) is 12.6. The standard InChI is InChI=1S/C14H23NO3/c1-15-11-2-3-12(15)9-10(8-11)13(16)4-5-14-17-6-7-18-14/h10-12,14H,2-9H2,1H3. The number of piperidine rings is 1. The first-order valence-corrected chi connectivity index (χ1v) is 7.22. The van der Waals surface area contributed by atoms with Crippen LogP contribution in [0, 0.1) is 5.92 Å². The van der Waals surface area contributed by atoms with Gasteiger partial charge < -0.3 is 14.4 Å². The van der Waals surface area contributed by atoms with E-state index in [-0.39, 0.29) is 6.29 Å². The van der Waals surface area contributed by atoms with E-state index in [0.717, 1.165) is 19.3 Å². The van der Waals surface area contributed by atoms with Crippen LogP contribution in [0.2, 0.25) is 0 Å². The quantitative estimate of drug-likeness (QED) is 0.762. The molecule has 0 saturated carbocycles. The number of carbonyl (C=O) groups excluding carboxylic acids is 1. The summed E-state index contributed by atoms with van der Waals surface area (Å²) >= 11 is 0. The Bertz CT molecular complexity index is 300. The summed E-state index contributed by atoms with van der Waals surface area (Å²) < 4.78 is 10.8. The molecule has 3 rings (SSSR count). The van der Waals surface area contributed by atoms with E-state index in [4.69, 9.17) is 9.47 Å². The Hall–Kier alpha value is -0.450. The van der Waals surface area contributed by atoms with Gasteiger partial charge in [-0.25, -0.2) is 0 Å². The predicted octanol–water partition coefficient (Wildman–Crippen LogP) is 1.58. The molecule has 3 aliphatic rings. The van der Waals surface area contributed by atoms with E-state index in [1.165, 1.54) is 12.8 Å². The lowest BCUT2D eigenvalue weighted by atomic mass is 9.86. The lowest BCUT2D eigenvalue weighted by Gasteiger charge is -2.35. The molecule has 0 aromatic carbocycles. The molecular weight excluding hydrogens is 230 g/mol. The molecule has 18 heavy (non-hydrogen) atoms. The zero-order valence-corrected chi connectivity index (χ0v) is 11.1. The molecule has 0 aromatic heterocycles. The molecule has 3 aliphatic heterocycles. The number of Topliss-reactive ketones (excluding diaryl/α,β-unsaturated/α-hetero) is 1. The monoisotopic (exact) mass is 253 g/mol. The van der Waals surface area contributed by atoms with Crippen LogP contribution in [0.4, 0.5) is 0 Å². The SMILES string of the molecule is CN1C2CCC1CC(C(=O)CCC1OCCO1)C2. The van der Waals surface area contributed by atoms with Crippen LogP contribution in [0.3, 0.4) is 0 Å². The molecule has 0 radical (unpaired) electrons. The zero-order valence-electron chi connectivity index (χ0n) is 11.1. The van der Waals surface area contributed by atoms with Gasteiger partial charge in [0, 0.05) is 30.8 Å². The van der Waals surface area contributed by atoms with Gasteiger partial charge in [-0.15, -0.1) is 0 Å². The molecule has 4 nitrogen and oxygen atoms in total. The maximum Gasteiger partial charge on any atom is 0.158 e. The number of nitrogens with zero attached hydrogens (tertiary/aromatic N) is 1. The number of hydrogen-bond donors (Lipinski definition) is 0. The average molecular weight is 253 g/mol. The molecule has 3 saturated heterocycles. The van der Waals surface area contributed by atoms with Crippen molar-refractivity contribution in [3.8, 4) is 0 Å². The maximum atomic E-state index is 12.3. The summed E-state index contributed by atoms with van der Waals surface area (Å²) in [4.78, 5) is 14.7. The summed E-state index contributed by atoms with van der Waals surface area (Å²) in [6.45, 7) is 1.36. The third-order valence-corrected chi connectivity index (χ3v) is 4.87. The van der Waals surface area contributed by atoms with Crippen LogP contribution >= 0.6 is 0 Å². The van der Waals surface area contributed by atoms with Gasteiger partial charge >= 0.3 is 0 Å². The van der Waals surface area contributed by atoms with Crippen molar-refractivity contribution < 1.29 is 14.3 Å². The number of rotatable bonds is 4. The molecule has 0 spiro atoms. The molecule has 4 heteroatoms. The number of ether oxygens (including phenoxy) is 2. The Balaban J connectivity index is 1.48. The fraction of sp³-hybridized carbons (Fsp3) is 0.929. The van der Waals surface area contributed by atoms with Crippen molar-refractivity contribution >= 4 is 5.78 Å². The third kappa shape index (κ3) is 2.46. The number of fused-ring (bicyclic) bond motifs is 2. The minimum absolute atomic E-state index is 0.128. The van der Waals surface area contributed by atoms with Crippen molar-refractivity contribution in [2.24, 2.45) is 5.92 Å². The highest BCUT2D eigenvalue weighted by Gasteiger charge is 2.40. The second kappa shape index (κ2) is 5.27. The van der Waals surface area contributed by atoms with E-state index in [0.29, 0.717) is 43.4 Å². The van der Waals surface area contributed by atoms with Gasteiger partial charge in [-0.1, -0.05) is 0 Å². The molecule has 0 aromatic rings. The van der Waals surface area contributed by atoms with Crippen molar-refractivity contribution in [1.82, 2.24) is 4.90 Å². The molecular formula is C14H23NO3. The highest BCUT2D eigenvalue weighted by atomic mass is 16.7. The van der Waals surface area contributed by atoms with Gasteiger partial charge in [-0.2, -0.15) is 0 Å². The van der Waals surface area contributed by atoms with Crippen molar-refractivity contribution in [2.45, 2.75) is 56.9 Å². The van der Waals surface area contributed by atoms with Crippen molar-refractivity contribution in [2.75, 3.05) is 20.3 Å². The third-order valence-electron chi connectivity index (χ3n) is 4.87. The Morgan fingerprint density at radius 3 is 2.39 bits per heavy atom. The Morgan fingerprint density at radius 1 is 1.17 bits per heavy atom. The maximum absolute atomic E-state index is 12.3. The lowest BCUT2D eigenvalue weighted by Crippen LogP contribution is -2.42. The van der Waals surface area contributed by atoms with E-state index in [9.17, 15) is 4.79 Å². The molecule has 2 unspecified atom stereocenters. The fourth-order valence-corrected chi connectivity index (χ4v) is 3.71.